The van der Waals surface area contributed by atoms with Gasteiger partial charge in [-0.25, -0.2) is 4.98 Å². The van der Waals surface area contributed by atoms with Crippen molar-refractivity contribution in [3.63, 3.8) is 0 Å². The molecule has 3 aromatic rings. The number of nitrogens with zero attached hydrogens (tertiary/aromatic N) is 2. The molecule has 1 aliphatic rings. The molecule has 1 saturated heterocycles. The van der Waals surface area contributed by atoms with Crippen LogP contribution in [0.5, 0.6) is 0 Å². The van der Waals surface area contributed by atoms with Gasteiger partial charge in [-0.15, -0.1) is 11.3 Å². The fraction of sp³-hybridized carbons (Fsp3) is 0.500. The largest absolute Gasteiger partial charge is 0.382 e. The van der Waals surface area contributed by atoms with Crippen LogP contribution in [0.3, 0.4) is 0 Å². The highest BCUT2D eigenvalue weighted by Crippen LogP contribution is 2.31. The smallest absolute Gasteiger partial charge is 0.272 e. The lowest BCUT2D eigenvalue weighted by Gasteiger charge is -2.13. The van der Waals surface area contributed by atoms with Gasteiger partial charge in [-0.1, -0.05) is 30.0 Å². The molecule has 166 valence electrons. The molecule has 9 heteroatoms. The summed E-state index contributed by atoms with van der Waals surface area (Å²) in [5.74, 6) is 0.129. The highest BCUT2D eigenvalue weighted by atomic mass is 32.2. The number of hydrogen-bond acceptors (Lipinski definition) is 7. The Kier molecular flexibility index (Phi) is 7.60. The number of amides is 1. The van der Waals surface area contributed by atoms with Crippen LogP contribution in [0, 0.1) is 0 Å². The number of thioether (sulfide) groups is 1. The minimum Gasteiger partial charge on any atom is -0.382 e. The second-order valence-corrected chi connectivity index (χ2v) is 9.40. The molecule has 4 rings (SSSR count). The number of benzene rings is 1. The van der Waals surface area contributed by atoms with Crippen LogP contribution >= 0.6 is 23.1 Å². The first-order valence-electron chi connectivity index (χ1n) is 10.7. The van der Waals surface area contributed by atoms with E-state index in [9.17, 15) is 9.59 Å². The number of carbonyl (C=O) groups is 1. The van der Waals surface area contributed by atoms with Crippen LogP contribution in [-0.4, -0.2) is 53.7 Å². The van der Waals surface area contributed by atoms with Gasteiger partial charge in [0.15, 0.2) is 5.16 Å². The first-order chi connectivity index (χ1) is 15.2. The third-order valence-electron chi connectivity index (χ3n) is 5.20. The predicted molar refractivity (Wildman–Crippen MR) is 125 cm³/mol. The normalized spacial score (nSPS) is 16.4. The van der Waals surface area contributed by atoms with Gasteiger partial charge in [0.25, 0.3) is 5.56 Å². The number of nitrogens with one attached hydrogen (secondary N) is 1. The fourth-order valence-corrected chi connectivity index (χ4v) is 5.58. The second-order valence-electron chi connectivity index (χ2n) is 7.41. The van der Waals surface area contributed by atoms with Gasteiger partial charge in [-0.2, -0.15) is 0 Å². The van der Waals surface area contributed by atoms with E-state index >= 15 is 0 Å². The Bertz CT molecular complexity index is 1110. The quantitative estimate of drug-likeness (QED) is 0.283. The summed E-state index contributed by atoms with van der Waals surface area (Å²) in [6.07, 6.45) is 2.85. The maximum absolute atomic E-state index is 13.3. The van der Waals surface area contributed by atoms with Gasteiger partial charge in [0.1, 0.15) is 4.70 Å². The monoisotopic (exact) mass is 461 g/mol. The molecule has 1 atom stereocenters. The highest BCUT2D eigenvalue weighted by Gasteiger charge is 2.19. The Morgan fingerprint density at radius 1 is 1.42 bits per heavy atom. The van der Waals surface area contributed by atoms with Crippen molar-refractivity contribution in [1.29, 1.82) is 0 Å². The van der Waals surface area contributed by atoms with Crippen LogP contribution in [0.15, 0.2) is 34.2 Å². The molecule has 1 aromatic carbocycles. The summed E-state index contributed by atoms with van der Waals surface area (Å²) in [5, 5.41) is 4.48. The Balaban J connectivity index is 1.55. The Morgan fingerprint density at radius 2 is 2.29 bits per heavy atom. The van der Waals surface area contributed by atoms with E-state index in [4.69, 9.17) is 14.5 Å². The molecule has 1 aliphatic heterocycles. The fourth-order valence-electron chi connectivity index (χ4n) is 3.64. The second kappa shape index (κ2) is 10.6. The standard InChI is InChI=1S/C22H27N3O4S2/c1-2-28-11-6-10-25-21(27)20-19(16-8-3-4-9-17(16)31-20)24-22(25)30-14-18(26)23-13-15-7-5-12-29-15/h3-4,8-9,15H,2,5-7,10-14H2,1H3,(H,23,26)/t15-/m0/s1. The molecule has 1 fully saturated rings. The van der Waals surface area contributed by atoms with Gasteiger partial charge in [0.2, 0.25) is 5.91 Å². The molecule has 0 saturated carbocycles. The lowest BCUT2D eigenvalue weighted by atomic mass is 10.2. The molecule has 1 amide bonds. The van der Waals surface area contributed by atoms with Crippen LogP contribution in [0.4, 0.5) is 0 Å². The van der Waals surface area contributed by atoms with Crippen LogP contribution in [0.25, 0.3) is 20.3 Å². The lowest BCUT2D eigenvalue weighted by Crippen LogP contribution is -2.33. The van der Waals surface area contributed by atoms with Crippen LogP contribution in [-0.2, 0) is 20.8 Å². The van der Waals surface area contributed by atoms with E-state index < -0.39 is 0 Å². The first kappa shape index (κ1) is 22.3. The van der Waals surface area contributed by atoms with Crippen molar-refractivity contribution in [2.45, 2.75) is 44.0 Å². The van der Waals surface area contributed by atoms with Crippen molar-refractivity contribution < 1.29 is 14.3 Å². The third-order valence-corrected chi connectivity index (χ3v) is 7.33. The van der Waals surface area contributed by atoms with E-state index in [2.05, 4.69) is 5.32 Å². The van der Waals surface area contributed by atoms with Crippen LogP contribution in [0.1, 0.15) is 26.2 Å². The Hall–Kier alpha value is -1.94. The highest BCUT2D eigenvalue weighted by molar-refractivity contribution is 7.99. The van der Waals surface area contributed by atoms with Crippen molar-refractivity contribution in [2.24, 2.45) is 0 Å². The van der Waals surface area contributed by atoms with E-state index in [1.807, 2.05) is 31.2 Å². The van der Waals surface area contributed by atoms with Gasteiger partial charge in [0.05, 0.1) is 17.4 Å². The number of ether oxygens (including phenoxy) is 2. The van der Waals surface area contributed by atoms with Gasteiger partial charge < -0.3 is 14.8 Å². The topological polar surface area (TPSA) is 82.4 Å². The molecular formula is C22H27N3O4S2. The molecule has 31 heavy (non-hydrogen) atoms. The number of fused-ring (bicyclic) bond motifs is 3. The average molecular weight is 462 g/mol. The van der Waals surface area contributed by atoms with Crippen molar-refractivity contribution in [3.05, 3.63) is 34.6 Å². The zero-order valence-electron chi connectivity index (χ0n) is 17.6. The minimum absolute atomic E-state index is 0.0510. The van der Waals surface area contributed by atoms with E-state index in [-0.39, 0.29) is 23.3 Å². The summed E-state index contributed by atoms with van der Waals surface area (Å²) in [5.41, 5.74) is 0.666. The van der Waals surface area contributed by atoms with Crippen molar-refractivity contribution in [3.8, 4) is 0 Å². The number of aromatic nitrogens is 2. The molecule has 0 unspecified atom stereocenters. The molecule has 0 aliphatic carbocycles. The van der Waals surface area contributed by atoms with E-state index in [1.54, 1.807) is 4.57 Å². The molecule has 0 bridgehead atoms. The maximum Gasteiger partial charge on any atom is 0.272 e. The van der Waals surface area contributed by atoms with Gasteiger partial charge in [-0.05, 0) is 32.3 Å². The summed E-state index contributed by atoms with van der Waals surface area (Å²) in [6, 6.07) is 7.91. The Labute approximate surface area is 189 Å². The van der Waals surface area contributed by atoms with Crippen LogP contribution < -0.4 is 10.9 Å². The lowest BCUT2D eigenvalue weighted by molar-refractivity contribution is -0.119. The summed E-state index contributed by atoms with van der Waals surface area (Å²) in [4.78, 5) is 30.5. The Morgan fingerprint density at radius 3 is 3.10 bits per heavy atom. The number of carbonyl (C=O) groups excluding carboxylic acids is 1. The van der Waals surface area contributed by atoms with Crippen LogP contribution in [0.2, 0.25) is 0 Å². The number of thiophene rings is 1. The van der Waals surface area contributed by atoms with E-state index in [1.165, 1.54) is 23.1 Å². The molecule has 2 aromatic heterocycles. The maximum atomic E-state index is 13.3. The summed E-state index contributed by atoms with van der Waals surface area (Å²) >= 11 is 2.78. The first-order valence-corrected chi connectivity index (χ1v) is 12.5. The molecule has 3 heterocycles. The third kappa shape index (κ3) is 5.28. The minimum atomic E-state index is -0.0779. The summed E-state index contributed by atoms with van der Waals surface area (Å²) < 4.78 is 14.4. The average Bonchev–Trinajstić information content (AvgIpc) is 3.43. The predicted octanol–water partition coefficient (Wildman–Crippen LogP) is 3.43. The SMILES string of the molecule is CCOCCCn1c(SCC(=O)NC[C@@H]2CCCO2)nc2c(sc3ccccc32)c1=O. The van der Waals surface area contributed by atoms with E-state index in [0.29, 0.717) is 48.1 Å². The van der Waals surface area contributed by atoms with Crippen molar-refractivity contribution >= 4 is 49.3 Å². The van der Waals surface area contributed by atoms with Gasteiger partial charge in [0, 0.05) is 43.0 Å². The molecule has 1 N–H and O–H groups in total. The molecule has 0 spiro atoms. The van der Waals surface area contributed by atoms with Crippen molar-refractivity contribution in [1.82, 2.24) is 14.9 Å². The number of rotatable bonds is 10. The number of hydrogen-bond donors (Lipinski definition) is 1. The zero-order valence-corrected chi connectivity index (χ0v) is 19.2. The zero-order chi connectivity index (χ0) is 21.6. The molecule has 7 nitrogen and oxygen atoms in total. The summed E-state index contributed by atoms with van der Waals surface area (Å²) in [7, 11) is 0. The molecule has 0 radical (unpaired) electrons. The summed E-state index contributed by atoms with van der Waals surface area (Å²) in [6.45, 7) is 4.99. The van der Waals surface area contributed by atoms with Crippen molar-refractivity contribution in [2.75, 3.05) is 32.1 Å². The van der Waals surface area contributed by atoms with Gasteiger partial charge in [-0.3, -0.25) is 14.2 Å². The van der Waals surface area contributed by atoms with E-state index in [0.717, 1.165) is 29.5 Å². The van der Waals surface area contributed by atoms with Gasteiger partial charge >= 0.3 is 0 Å². The molecular weight excluding hydrogens is 434 g/mol.